The van der Waals surface area contributed by atoms with Crippen LogP contribution in [0.3, 0.4) is 0 Å². The molecule has 26 heavy (non-hydrogen) atoms. The molecule has 2 saturated carbocycles. The van der Waals surface area contributed by atoms with Crippen molar-refractivity contribution in [2.45, 2.75) is 38.3 Å². The fourth-order valence-electron chi connectivity index (χ4n) is 4.34. The van der Waals surface area contributed by atoms with Crippen molar-refractivity contribution in [1.82, 2.24) is 4.90 Å². The average molecular weight is 368 g/mol. The first-order valence-corrected chi connectivity index (χ1v) is 8.94. The lowest BCUT2D eigenvalue weighted by Gasteiger charge is -2.24. The minimum atomic E-state index is -4.55. The predicted molar refractivity (Wildman–Crippen MR) is 91.3 cm³/mol. The van der Waals surface area contributed by atoms with E-state index in [4.69, 9.17) is 0 Å². The monoisotopic (exact) mass is 368 g/mol. The molecule has 0 saturated heterocycles. The lowest BCUT2D eigenvalue weighted by molar-refractivity contribution is -0.137. The van der Waals surface area contributed by atoms with Gasteiger partial charge in [-0.3, -0.25) is 9.59 Å². The van der Waals surface area contributed by atoms with Gasteiger partial charge in [0, 0.05) is 13.5 Å². The van der Waals surface area contributed by atoms with E-state index in [2.05, 4.69) is 5.32 Å². The Morgan fingerprint density at radius 1 is 1.19 bits per heavy atom. The Morgan fingerprint density at radius 2 is 1.92 bits per heavy atom. The van der Waals surface area contributed by atoms with E-state index in [1.165, 1.54) is 49.4 Å². The number of likely N-dealkylation sites (N-methyl/N-ethyl adjacent to an activating group) is 1. The van der Waals surface area contributed by atoms with Gasteiger partial charge in [-0.15, -0.1) is 0 Å². The number of nitrogens with one attached hydrogen (secondary N) is 1. The number of fused-ring (bicyclic) bond motifs is 2. The third kappa shape index (κ3) is 4.19. The highest BCUT2D eigenvalue weighted by Gasteiger charge is 2.40. The third-order valence-electron chi connectivity index (χ3n) is 5.63. The Bertz CT molecular complexity index is 690. The quantitative estimate of drug-likeness (QED) is 0.856. The first kappa shape index (κ1) is 18.7. The SMILES string of the molecule is CN(CC(=O)Nc1ccccc1C(F)(F)F)C(=O)C[C@H]1C[C@@H]2CC[C@@H]1C2. The lowest BCUT2D eigenvalue weighted by atomic mass is 9.86. The van der Waals surface area contributed by atoms with Crippen molar-refractivity contribution in [3.8, 4) is 0 Å². The Labute approximate surface area is 150 Å². The molecule has 142 valence electrons. The standard InChI is InChI=1S/C19H23F3N2O2/c1-24(18(26)10-14-9-12-6-7-13(14)8-12)11-17(25)23-16-5-3-2-4-15(16)19(20,21)22/h2-5,12-14H,6-11H2,1H3,(H,23,25)/t12-,13-,14-/m1/s1. The smallest absolute Gasteiger partial charge is 0.336 e. The van der Waals surface area contributed by atoms with Crippen LogP contribution >= 0.6 is 0 Å². The normalized spacial score (nSPS) is 24.5. The molecule has 4 nitrogen and oxygen atoms in total. The summed E-state index contributed by atoms with van der Waals surface area (Å²) in [6, 6.07) is 4.82. The number of rotatable bonds is 5. The van der Waals surface area contributed by atoms with Crippen molar-refractivity contribution in [1.29, 1.82) is 0 Å². The van der Waals surface area contributed by atoms with Crippen LogP contribution in [0, 0.1) is 17.8 Å². The van der Waals surface area contributed by atoms with Crippen molar-refractivity contribution in [3.63, 3.8) is 0 Å². The van der Waals surface area contributed by atoms with Crippen LogP contribution in [0.25, 0.3) is 0 Å². The van der Waals surface area contributed by atoms with Gasteiger partial charge in [0.2, 0.25) is 11.8 Å². The van der Waals surface area contributed by atoms with E-state index in [0.717, 1.165) is 18.4 Å². The summed E-state index contributed by atoms with van der Waals surface area (Å²) in [4.78, 5) is 25.8. The number of hydrogen-bond donors (Lipinski definition) is 1. The van der Waals surface area contributed by atoms with Crippen molar-refractivity contribution >= 4 is 17.5 Å². The van der Waals surface area contributed by atoms with Gasteiger partial charge >= 0.3 is 6.18 Å². The molecule has 1 N–H and O–H groups in total. The van der Waals surface area contributed by atoms with Gasteiger partial charge in [0.15, 0.2) is 0 Å². The van der Waals surface area contributed by atoms with E-state index in [1.807, 2.05) is 0 Å². The van der Waals surface area contributed by atoms with E-state index in [9.17, 15) is 22.8 Å². The van der Waals surface area contributed by atoms with Crippen molar-refractivity contribution in [3.05, 3.63) is 29.8 Å². The second kappa shape index (κ2) is 7.29. The molecule has 1 aromatic rings. The van der Waals surface area contributed by atoms with Gasteiger partial charge in [-0.05, 0) is 49.1 Å². The Morgan fingerprint density at radius 3 is 2.54 bits per heavy atom. The second-order valence-corrected chi connectivity index (χ2v) is 7.48. The summed E-state index contributed by atoms with van der Waals surface area (Å²) in [7, 11) is 1.52. The predicted octanol–water partition coefficient (Wildman–Crippen LogP) is 3.93. The summed E-state index contributed by atoms with van der Waals surface area (Å²) in [5, 5.41) is 2.27. The fourth-order valence-corrected chi connectivity index (χ4v) is 4.34. The highest BCUT2D eigenvalue weighted by molar-refractivity contribution is 5.95. The topological polar surface area (TPSA) is 49.4 Å². The number of para-hydroxylation sites is 1. The van der Waals surface area contributed by atoms with Gasteiger partial charge in [0.1, 0.15) is 0 Å². The van der Waals surface area contributed by atoms with Crippen LogP contribution < -0.4 is 5.32 Å². The van der Waals surface area contributed by atoms with Crippen LogP contribution in [0.4, 0.5) is 18.9 Å². The molecule has 0 radical (unpaired) electrons. The zero-order chi connectivity index (χ0) is 18.9. The van der Waals surface area contributed by atoms with E-state index >= 15 is 0 Å². The van der Waals surface area contributed by atoms with Crippen molar-refractivity contribution in [2.75, 3.05) is 18.9 Å². The minimum absolute atomic E-state index is 0.123. The molecule has 0 heterocycles. The van der Waals surface area contributed by atoms with Crippen molar-refractivity contribution < 1.29 is 22.8 Å². The van der Waals surface area contributed by atoms with Gasteiger partial charge in [0.05, 0.1) is 17.8 Å². The van der Waals surface area contributed by atoms with Crippen LogP contribution in [0.2, 0.25) is 0 Å². The van der Waals surface area contributed by atoms with E-state index < -0.39 is 17.6 Å². The number of carbonyl (C=O) groups is 2. The molecule has 1 aromatic carbocycles. The van der Waals surface area contributed by atoms with Crippen LogP contribution in [-0.2, 0) is 15.8 Å². The Kier molecular flexibility index (Phi) is 5.25. The first-order chi connectivity index (χ1) is 12.2. The third-order valence-corrected chi connectivity index (χ3v) is 5.63. The molecule has 3 atom stereocenters. The number of nitrogens with zero attached hydrogens (tertiary/aromatic N) is 1. The molecular formula is C19H23F3N2O2. The molecular weight excluding hydrogens is 345 g/mol. The average Bonchev–Trinajstić information content (AvgIpc) is 3.17. The molecule has 2 aliphatic carbocycles. The molecule has 7 heteroatoms. The van der Waals surface area contributed by atoms with E-state index in [-0.39, 0.29) is 18.1 Å². The molecule has 0 spiro atoms. The summed E-state index contributed by atoms with van der Waals surface area (Å²) in [5.74, 6) is 0.986. The Hall–Kier alpha value is -2.05. The number of hydrogen-bond acceptors (Lipinski definition) is 2. The van der Waals surface area contributed by atoms with Crippen LogP contribution in [0.15, 0.2) is 24.3 Å². The first-order valence-electron chi connectivity index (χ1n) is 8.94. The maximum Gasteiger partial charge on any atom is 0.418 e. The van der Waals surface area contributed by atoms with Crippen LogP contribution in [0.5, 0.6) is 0 Å². The number of anilines is 1. The number of carbonyl (C=O) groups excluding carboxylic acids is 2. The zero-order valence-electron chi connectivity index (χ0n) is 14.7. The molecule has 3 rings (SSSR count). The van der Waals surface area contributed by atoms with Gasteiger partial charge in [0.25, 0.3) is 0 Å². The van der Waals surface area contributed by atoms with Crippen LogP contribution in [0.1, 0.15) is 37.7 Å². The highest BCUT2D eigenvalue weighted by atomic mass is 19.4. The summed E-state index contributed by atoms with van der Waals surface area (Å²) in [6.07, 6.45) is 0.594. The second-order valence-electron chi connectivity index (χ2n) is 7.48. The molecule has 2 amide bonds. The van der Waals surface area contributed by atoms with E-state index in [1.54, 1.807) is 0 Å². The summed E-state index contributed by atoms with van der Waals surface area (Å²) >= 11 is 0. The summed E-state index contributed by atoms with van der Waals surface area (Å²) in [6.45, 7) is -0.258. The summed E-state index contributed by atoms with van der Waals surface area (Å²) in [5.41, 5.74) is -1.19. The van der Waals surface area contributed by atoms with Gasteiger partial charge in [-0.25, -0.2) is 0 Å². The molecule has 0 aliphatic heterocycles. The number of alkyl halides is 3. The number of halogens is 3. The van der Waals surface area contributed by atoms with Gasteiger partial charge < -0.3 is 10.2 Å². The lowest BCUT2D eigenvalue weighted by Crippen LogP contribution is -2.36. The number of benzene rings is 1. The maximum absolute atomic E-state index is 13.0. The molecule has 2 fully saturated rings. The van der Waals surface area contributed by atoms with Crippen molar-refractivity contribution in [2.24, 2.45) is 17.8 Å². The molecule has 2 aliphatic rings. The fraction of sp³-hybridized carbons (Fsp3) is 0.579. The molecule has 0 aromatic heterocycles. The molecule has 2 bridgehead atoms. The zero-order valence-corrected chi connectivity index (χ0v) is 14.7. The van der Waals surface area contributed by atoms with Gasteiger partial charge in [-0.1, -0.05) is 18.6 Å². The van der Waals surface area contributed by atoms with E-state index in [0.29, 0.717) is 18.3 Å². The summed E-state index contributed by atoms with van der Waals surface area (Å²) < 4.78 is 38.9. The van der Waals surface area contributed by atoms with Gasteiger partial charge in [-0.2, -0.15) is 13.2 Å². The maximum atomic E-state index is 13.0. The number of amides is 2. The Balaban J connectivity index is 1.54. The molecule has 0 unspecified atom stereocenters. The largest absolute Gasteiger partial charge is 0.418 e. The van der Waals surface area contributed by atoms with Crippen LogP contribution in [-0.4, -0.2) is 30.3 Å². The highest BCUT2D eigenvalue weighted by Crippen LogP contribution is 2.49. The minimum Gasteiger partial charge on any atom is -0.336 e.